The molecule has 94 valence electrons. The molecule has 2 rings (SSSR count). The molecule has 1 saturated carbocycles. The van der Waals surface area contributed by atoms with Crippen LogP contribution >= 0.6 is 0 Å². The molecule has 0 saturated heterocycles. The first kappa shape index (κ1) is 12.2. The number of hydrogen-bond acceptors (Lipinski definition) is 2. The molecule has 0 unspecified atom stereocenters. The predicted molar refractivity (Wildman–Crippen MR) is 67.7 cm³/mol. The minimum absolute atomic E-state index is 0.106. The van der Waals surface area contributed by atoms with Gasteiger partial charge in [-0.15, -0.1) is 0 Å². The van der Waals surface area contributed by atoms with Crippen LogP contribution in [-0.2, 0) is 11.2 Å². The lowest BCUT2D eigenvalue weighted by Crippen LogP contribution is -2.47. The van der Waals surface area contributed by atoms with Crippen LogP contribution in [0.15, 0.2) is 18.3 Å². The van der Waals surface area contributed by atoms with Gasteiger partial charge in [-0.2, -0.15) is 0 Å². The van der Waals surface area contributed by atoms with E-state index in [0.717, 1.165) is 18.8 Å². The predicted octanol–water partition coefficient (Wildman–Crippen LogP) is 1.06. The number of nitrogens with one attached hydrogen (secondary N) is 3. The van der Waals surface area contributed by atoms with Crippen molar-refractivity contribution in [1.82, 2.24) is 15.6 Å². The Morgan fingerprint density at radius 2 is 2.29 bits per heavy atom. The third-order valence-corrected chi connectivity index (χ3v) is 3.64. The maximum absolute atomic E-state index is 11.7. The zero-order valence-electron chi connectivity index (χ0n) is 10.4. The van der Waals surface area contributed by atoms with Crippen molar-refractivity contribution in [2.75, 3.05) is 20.1 Å². The van der Waals surface area contributed by atoms with Gasteiger partial charge >= 0.3 is 0 Å². The molecular weight excluding hydrogens is 214 g/mol. The van der Waals surface area contributed by atoms with Gasteiger partial charge in [-0.25, -0.2) is 0 Å². The van der Waals surface area contributed by atoms with Crippen LogP contribution in [0.2, 0.25) is 0 Å². The second-order valence-electron chi connectivity index (χ2n) is 5.03. The molecule has 0 bridgehead atoms. The molecule has 0 aliphatic heterocycles. The molecule has 0 spiro atoms. The number of hydrogen-bond donors (Lipinski definition) is 3. The van der Waals surface area contributed by atoms with Crippen LogP contribution in [0.3, 0.4) is 0 Å². The maximum Gasteiger partial charge on any atom is 0.225 e. The van der Waals surface area contributed by atoms with E-state index in [4.69, 9.17) is 0 Å². The molecule has 3 N–H and O–H groups in total. The third-order valence-electron chi connectivity index (χ3n) is 3.64. The Kier molecular flexibility index (Phi) is 3.84. The highest BCUT2D eigenvalue weighted by atomic mass is 16.1. The lowest BCUT2D eigenvalue weighted by Gasteiger charge is -2.42. The molecule has 17 heavy (non-hydrogen) atoms. The fourth-order valence-electron chi connectivity index (χ4n) is 2.47. The molecule has 4 heteroatoms. The summed E-state index contributed by atoms with van der Waals surface area (Å²) in [6, 6.07) is 3.85. The van der Waals surface area contributed by atoms with Crippen molar-refractivity contribution in [3.63, 3.8) is 0 Å². The number of aromatic nitrogens is 1. The van der Waals surface area contributed by atoms with Gasteiger partial charge in [0.05, 0.1) is 6.42 Å². The highest BCUT2D eigenvalue weighted by Crippen LogP contribution is 2.39. The van der Waals surface area contributed by atoms with Crippen LogP contribution in [-0.4, -0.2) is 31.0 Å². The Hall–Kier alpha value is -1.29. The Balaban J connectivity index is 1.75. The van der Waals surface area contributed by atoms with Gasteiger partial charge < -0.3 is 15.6 Å². The summed E-state index contributed by atoms with van der Waals surface area (Å²) in [7, 11) is 1.97. The molecule has 1 aromatic heterocycles. The minimum atomic E-state index is 0.106. The van der Waals surface area contributed by atoms with E-state index in [1.807, 2.05) is 25.4 Å². The van der Waals surface area contributed by atoms with E-state index in [0.29, 0.717) is 11.8 Å². The van der Waals surface area contributed by atoms with Gasteiger partial charge in [-0.1, -0.05) is 6.42 Å². The Labute approximate surface area is 102 Å². The van der Waals surface area contributed by atoms with E-state index < -0.39 is 0 Å². The van der Waals surface area contributed by atoms with Crippen molar-refractivity contribution in [2.24, 2.45) is 5.41 Å². The molecule has 1 heterocycles. The average Bonchev–Trinajstić information content (AvgIpc) is 2.74. The second kappa shape index (κ2) is 5.36. The molecule has 0 atom stereocenters. The Bertz CT molecular complexity index is 355. The number of H-pyrrole nitrogens is 1. The summed E-state index contributed by atoms with van der Waals surface area (Å²) in [6.07, 6.45) is 6.01. The molecular formula is C13H21N3O. The lowest BCUT2D eigenvalue weighted by atomic mass is 9.68. The topological polar surface area (TPSA) is 56.9 Å². The van der Waals surface area contributed by atoms with Gasteiger partial charge in [0.25, 0.3) is 0 Å². The second-order valence-corrected chi connectivity index (χ2v) is 5.03. The molecule has 1 aliphatic carbocycles. The average molecular weight is 235 g/mol. The van der Waals surface area contributed by atoms with Crippen LogP contribution < -0.4 is 10.6 Å². The summed E-state index contributed by atoms with van der Waals surface area (Å²) in [4.78, 5) is 14.8. The highest BCUT2D eigenvalue weighted by molar-refractivity contribution is 5.78. The molecule has 1 aliphatic rings. The Morgan fingerprint density at radius 1 is 1.47 bits per heavy atom. The fraction of sp³-hybridized carbons (Fsp3) is 0.615. The van der Waals surface area contributed by atoms with Crippen molar-refractivity contribution in [3.05, 3.63) is 24.0 Å². The van der Waals surface area contributed by atoms with Crippen molar-refractivity contribution in [1.29, 1.82) is 0 Å². The monoisotopic (exact) mass is 235 g/mol. The summed E-state index contributed by atoms with van der Waals surface area (Å²) in [5.74, 6) is 0.106. The van der Waals surface area contributed by atoms with E-state index in [9.17, 15) is 4.79 Å². The summed E-state index contributed by atoms with van der Waals surface area (Å²) < 4.78 is 0. The van der Waals surface area contributed by atoms with Crippen molar-refractivity contribution < 1.29 is 4.79 Å². The largest absolute Gasteiger partial charge is 0.365 e. The van der Waals surface area contributed by atoms with Gasteiger partial charge in [0, 0.05) is 30.4 Å². The van der Waals surface area contributed by atoms with Crippen LogP contribution in [0.5, 0.6) is 0 Å². The summed E-state index contributed by atoms with van der Waals surface area (Å²) >= 11 is 0. The van der Waals surface area contributed by atoms with Gasteiger partial charge in [-0.05, 0) is 32.0 Å². The molecule has 0 aromatic carbocycles. The molecule has 4 nitrogen and oxygen atoms in total. The fourth-order valence-corrected chi connectivity index (χ4v) is 2.47. The van der Waals surface area contributed by atoms with Crippen molar-refractivity contribution in [3.8, 4) is 0 Å². The maximum atomic E-state index is 11.7. The summed E-state index contributed by atoms with van der Waals surface area (Å²) in [5, 5.41) is 6.27. The van der Waals surface area contributed by atoms with E-state index in [2.05, 4.69) is 15.6 Å². The number of carbonyl (C=O) groups excluding carboxylic acids is 1. The normalized spacial score (nSPS) is 17.5. The number of rotatable bonds is 6. The summed E-state index contributed by atoms with van der Waals surface area (Å²) in [6.45, 7) is 1.79. The van der Waals surface area contributed by atoms with Gasteiger partial charge in [0.1, 0.15) is 0 Å². The minimum Gasteiger partial charge on any atom is -0.365 e. The zero-order chi connectivity index (χ0) is 12.1. The first-order chi connectivity index (χ1) is 8.24. The van der Waals surface area contributed by atoms with Crippen LogP contribution in [0.25, 0.3) is 0 Å². The van der Waals surface area contributed by atoms with Crippen LogP contribution in [0.4, 0.5) is 0 Å². The quantitative estimate of drug-likeness (QED) is 0.690. The standard InChI is InChI=1S/C13H21N3O/c1-14-9-13(5-3-6-13)10-16-12(17)8-11-4-2-7-15-11/h2,4,7,14-15H,3,5-6,8-10H2,1H3,(H,16,17). The van der Waals surface area contributed by atoms with E-state index in [1.165, 1.54) is 19.3 Å². The SMILES string of the molecule is CNCC1(CNC(=O)Cc2ccc[nH]2)CCC1. The van der Waals surface area contributed by atoms with Crippen molar-refractivity contribution in [2.45, 2.75) is 25.7 Å². The van der Waals surface area contributed by atoms with E-state index in [-0.39, 0.29) is 5.91 Å². The smallest absolute Gasteiger partial charge is 0.225 e. The van der Waals surface area contributed by atoms with Gasteiger partial charge in [-0.3, -0.25) is 4.79 Å². The summed E-state index contributed by atoms with van der Waals surface area (Å²) in [5.41, 5.74) is 1.28. The number of aromatic amines is 1. The molecule has 0 radical (unpaired) electrons. The lowest BCUT2D eigenvalue weighted by molar-refractivity contribution is -0.121. The Morgan fingerprint density at radius 3 is 2.82 bits per heavy atom. The third kappa shape index (κ3) is 3.09. The zero-order valence-corrected chi connectivity index (χ0v) is 10.4. The van der Waals surface area contributed by atoms with Crippen LogP contribution in [0, 0.1) is 5.41 Å². The van der Waals surface area contributed by atoms with Crippen molar-refractivity contribution >= 4 is 5.91 Å². The number of amides is 1. The van der Waals surface area contributed by atoms with Crippen LogP contribution in [0.1, 0.15) is 25.0 Å². The van der Waals surface area contributed by atoms with E-state index >= 15 is 0 Å². The first-order valence-corrected chi connectivity index (χ1v) is 6.28. The molecule has 1 amide bonds. The number of carbonyl (C=O) groups is 1. The molecule has 1 fully saturated rings. The first-order valence-electron chi connectivity index (χ1n) is 6.28. The van der Waals surface area contributed by atoms with E-state index in [1.54, 1.807) is 0 Å². The molecule has 1 aromatic rings. The highest BCUT2D eigenvalue weighted by Gasteiger charge is 2.36. The van der Waals surface area contributed by atoms with Gasteiger partial charge in [0.2, 0.25) is 5.91 Å². The van der Waals surface area contributed by atoms with Gasteiger partial charge in [0.15, 0.2) is 0 Å².